The molecule has 0 unspecified atom stereocenters. The summed E-state index contributed by atoms with van der Waals surface area (Å²) in [4.78, 5) is 26.4. The zero-order valence-electron chi connectivity index (χ0n) is 18.3. The first-order valence-electron chi connectivity index (χ1n) is 10.3. The van der Waals surface area contributed by atoms with Gasteiger partial charge in [-0.3, -0.25) is 9.69 Å². The molecule has 2 saturated heterocycles. The Bertz CT molecular complexity index is 944. The normalized spacial score (nSPS) is 20.0. The summed E-state index contributed by atoms with van der Waals surface area (Å²) in [5.41, 5.74) is -0.328. The molecular formula is C21H31N3O5S. The van der Waals surface area contributed by atoms with E-state index in [1.807, 2.05) is 33.8 Å². The summed E-state index contributed by atoms with van der Waals surface area (Å²) >= 11 is 0. The van der Waals surface area contributed by atoms with Gasteiger partial charge in [0.15, 0.2) is 0 Å². The molecular weight excluding hydrogens is 406 g/mol. The second-order valence-electron chi connectivity index (χ2n) is 8.99. The number of rotatable bonds is 5. The fourth-order valence-corrected chi connectivity index (χ4v) is 5.66. The van der Waals surface area contributed by atoms with Crippen LogP contribution in [0.1, 0.15) is 52.5 Å². The Morgan fingerprint density at radius 2 is 1.80 bits per heavy atom. The summed E-state index contributed by atoms with van der Waals surface area (Å²) in [6.45, 7) is 8.63. The minimum absolute atomic E-state index is 0.128. The van der Waals surface area contributed by atoms with Crippen LogP contribution in [0.2, 0.25) is 0 Å². The van der Waals surface area contributed by atoms with Crippen LogP contribution >= 0.6 is 0 Å². The number of benzene rings is 1. The van der Waals surface area contributed by atoms with Crippen molar-refractivity contribution >= 4 is 22.0 Å². The highest BCUT2D eigenvalue weighted by atomic mass is 32.2. The van der Waals surface area contributed by atoms with E-state index in [1.165, 1.54) is 16.3 Å². The molecule has 1 spiro atoms. The molecule has 0 aromatic heterocycles. The first-order valence-corrected chi connectivity index (χ1v) is 11.7. The van der Waals surface area contributed by atoms with Crippen molar-refractivity contribution in [3.63, 3.8) is 0 Å². The smallest absolute Gasteiger partial charge is 0.325 e. The number of amides is 3. The van der Waals surface area contributed by atoms with E-state index in [4.69, 9.17) is 4.74 Å². The molecule has 1 aromatic rings. The molecule has 2 aliphatic rings. The molecule has 0 saturated carbocycles. The van der Waals surface area contributed by atoms with Gasteiger partial charge in [-0.15, -0.1) is 0 Å². The molecule has 8 nitrogen and oxygen atoms in total. The molecule has 2 aliphatic heterocycles. The molecule has 0 aliphatic carbocycles. The van der Waals surface area contributed by atoms with Crippen molar-refractivity contribution in [2.24, 2.45) is 0 Å². The van der Waals surface area contributed by atoms with Crippen LogP contribution in [0.4, 0.5) is 4.79 Å². The van der Waals surface area contributed by atoms with E-state index < -0.39 is 21.6 Å². The average molecular weight is 438 g/mol. The van der Waals surface area contributed by atoms with Crippen molar-refractivity contribution in [1.29, 1.82) is 0 Å². The number of nitrogens with zero attached hydrogens (tertiary/aromatic N) is 2. The lowest BCUT2D eigenvalue weighted by atomic mass is 9.87. The van der Waals surface area contributed by atoms with Crippen molar-refractivity contribution in [3.05, 3.63) is 23.8 Å². The van der Waals surface area contributed by atoms with Crippen LogP contribution in [-0.4, -0.2) is 61.8 Å². The third kappa shape index (κ3) is 3.80. The second kappa shape index (κ2) is 7.85. The van der Waals surface area contributed by atoms with E-state index in [1.54, 1.807) is 12.1 Å². The lowest BCUT2D eigenvalue weighted by molar-refractivity contribution is -0.132. The number of piperidine rings is 1. The van der Waals surface area contributed by atoms with E-state index in [0.29, 0.717) is 18.7 Å². The topological polar surface area (TPSA) is 96.0 Å². The first kappa shape index (κ1) is 22.6. The molecule has 1 N–H and O–H groups in total. The number of carbonyl (C=O) groups excluding carboxylic acids is 2. The molecule has 3 amide bonds. The highest BCUT2D eigenvalue weighted by molar-refractivity contribution is 7.89. The Morgan fingerprint density at radius 3 is 2.33 bits per heavy atom. The predicted molar refractivity (Wildman–Crippen MR) is 113 cm³/mol. The zero-order chi connectivity index (χ0) is 22.3. The molecule has 2 fully saturated rings. The molecule has 2 heterocycles. The van der Waals surface area contributed by atoms with Gasteiger partial charge in [-0.25, -0.2) is 13.2 Å². The Morgan fingerprint density at radius 1 is 1.17 bits per heavy atom. The van der Waals surface area contributed by atoms with Crippen molar-refractivity contribution in [2.45, 2.75) is 62.8 Å². The van der Waals surface area contributed by atoms with Gasteiger partial charge in [-0.05, 0) is 42.4 Å². The standard InChI is InChI=1S/C21H31N3O5S/c1-6-11-24-18(25)21(22-19(24)26)9-12-23(13-10-21)30(27,28)17-14-15(20(2,3)4)7-8-16(17)29-5/h7-8,14H,6,9-13H2,1-5H3,(H,22,26). The van der Waals surface area contributed by atoms with Gasteiger partial charge in [0.25, 0.3) is 5.91 Å². The average Bonchev–Trinajstić information content (AvgIpc) is 2.91. The van der Waals surface area contributed by atoms with Crippen molar-refractivity contribution in [2.75, 3.05) is 26.7 Å². The van der Waals surface area contributed by atoms with Gasteiger partial charge in [-0.2, -0.15) is 4.31 Å². The summed E-state index contributed by atoms with van der Waals surface area (Å²) in [5, 5.41) is 2.81. The fraction of sp³-hybridized carbons (Fsp3) is 0.619. The van der Waals surface area contributed by atoms with Gasteiger partial charge >= 0.3 is 6.03 Å². The molecule has 9 heteroatoms. The summed E-state index contributed by atoms with van der Waals surface area (Å²) in [6.07, 6.45) is 1.18. The number of ether oxygens (including phenoxy) is 1. The quantitative estimate of drug-likeness (QED) is 0.714. The molecule has 166 valence electrons. The van der Waals surface area contributed by atoms with Crippen LogP contribution in [0, 0.1) is 0 Å². The number of urea groups is 1. The van der Waals surface area contributed by atoms with E-state index >= 15 is 0 Å². The van der Waals surface area contributed by atoms with Crippen LogP contribution in [0.3, 0.4) is 0 Å². The maximum atomic E-state index is 13.4. The molecule has 3 rings (SSSR count). The number of hydrogen-bond acceptors (Lipinski definition) is 5. The first-order chi connectivity index (χ1) is 14.0. The van der Waals surface area contributed by atoms with Crippen LogP contribution in [-0.2, 0) is 20.2 Å². The molecule has 1 aromatic carbocycles. The maximum absolute atomic E-state index is 13.4. The number of nitrogens with one attached hydrogen (secondary N) is 1. The number of methoxy groups -OCH3 is 1. The Hall–Kier alpha value is -2.13. The number of carbonyl (C=O) groups is 2. The number of imide groups is 1. The summed E-state index contributed by atoms with van der Waals surface area (Å²) < 4.78 is 33.6. The number of sulfonamides is 1. The zero-order valence-corrected chi connectivity index (χ0v) is 19.1. The van der Waals surface area contributed by atoms with Crippen LogP contribution in [0.15, 0.2) is 23.1 Å². The minimum atomic E-state index is -3.82. The van der Waals surface area contributed by atoms with Gasteiger partial charge in [0.05, 0.1) is 7.11 Å². The Balaban J connectivity index is 1.85. The maximum Gasteiger partial charge on any atom is 0.325 e. The molecule has 0 radical (unpaired) electrons. The monoisotopic (exact) mass is 437 g/mol. The second-order valence-corrected chi connectivity index (χ2v) is 10.9. The van der Waals surface area contributed by atoms with Gasteiger partial charge in [0, 0.05) is 19.6 Å². The molecule has 0 atom stereocenters. The Kier molecular flexibility index (Phi) is 5.90. The van der Waals surface area contributed by atoms with Crippen molar-refractivity contribution in [1.82, 2.24) is 14.5 Å². The lowest BCUT2D eigenvalue weighted by Gasteiger charge is -2.36. The number of hydrogen-bond donors (Lipinski definition) is 1. The summed E-state index contributed by atoms with van der Waals surface area (Å²) in [7, 11) is -2.37. The van der Waals surface area contributed by atoms with E-state index in [-0.39, 0.29) is 42.1 Å². The van der Waals surface area contributed by atoms with Crippen molar-refractivity contribution in [3.8, 4) is 5.75 Å². The third-order valence-corrected chi connectivity index (χ3v) is 7.84. The van der Waals surface area contributed by atoms with E-state index in [9.17, 15) is 18.0 Å². The molecule has 30 heavy (non-hydrogen) atoms. The molecule has 0 bridgehead atoms. The third-order valence-electron chi connectivity index (χ3n) is 5.92. The largest absolute Gasteiger partial charge is 0.495 e. The van der Waals surface area contributed by atoms with Gasteiger partial charge in [-0.1, -0.05) is 33.8 Å². The fourth-order valence-electron chi connectivity index (χ4n) is 4.03. The Labute approximate surface area is 178 Å². The minimum Gasteiger partial charge on any atom is -0.495 e. The van der Waals surface area contributed by atoms with Gasteiger partial charge in [0.1, 0.15) is 16.2 Å². The van der Waals surface area contributed by atoms with Crippen LogP contribution in [0.5, 0.6) is 5.75 Å². The summed E-state index contributed by atoms with van der Waals surface area (Å²) in [6, 6.07) is 4.84. The SMILES string of the molecule is CCCN1C(=O)NC2(CCN(S(=O)(=O)c3cc(C(C)(C)C)ccc3OC)CC2)C1=O. The highest BCUT2D eigenvalue weighted by Gasteiger charge is 2.53. The van der Waals surface area contributed by atoms with Crippen LogP contribution in [0.25, 0.3) is 0 Å². The summed E-state index contributed by atoms with van der Waals surface area (Å²) in [5.74, 6) is 0.0429. The lowest BCUT2D eigenvalue weighted by Crippen LogP contribution is -2.55. The van der Waals surface area contributed by atoms with Crippen molar-refractivity contribution < 1.29 is 22.7 Å². The predicted octanol–water partition coefficient (Wildman–Crippen LogP) is 2.48. The van der Waals surface area contributed by atoms with E-state index in [2.05, 4.69) is 5.32 Å². The van der Waals surface area contributed by atoms with Crippen LogP contribution < -0.4 is 10.1 Å². The van der Waals surface area contributed by atoms with Gasteiger partial charge in [0.2, 0.25) is 10.0 Å². The van der Waals surface area contributed by atoms with Gasteiger partial charge < -0.3 is 10.1 Å². The highest BCUT2D eigenvalue weighted by Crippen LogP contribution is 2.36. The van der Waals surface area contributed by atoms with E-state index in [0.717, 1.165) is 5.56 Å².